The number of nitrogens with one attached hydrogen (secondary N) is 1. The van der Waals surface area contributed by atoms with E-state index < -0.39 is 0 Å². The van der Waals surface area contributed by atoms with Gasteiger partial charge in [0.2, 0.25) is 5.95 Å². The molecular weight excluding hydrogens is 206 g/mol. The quantitative estimate of drug-likeness (QED) is 0.842. The summed E-state index contributed by atoms with van der Waals surface area (Å²) >= 11 is 0. The van der Waals surface area contributed by atoms with Crippen LogP contribution in [-0.4, -0.2) is 26.9 Å². The largest absolute Gasteiger partial charge is 0.478 e. The van der Waals surface area contributed by atoms with Crippen molar-refractivity contribution in [2.24, 2.45) is 7.05 Å². The van der Waals surface area contributed by atoms with Crippen molar-refractivity contribution in [3.63, 3.8) is 0 Å². The predicted octanol–water partition coefficient (Wildman–Crippen LogP) is 1.27. The van der Waals surface area contributed by atoms with Crippen molar-refractivity contribution in [3.8, 4) is 5.88 Å². The third-order valence-electron chi connectivity index (χ3n) is 2.02. The van der Waals surface area contributed by atoms with E-state index in [9.17, 15) is 0 Å². The molecule has 0 bridgehead atoms. The number of hydrogen-bond donors (Lipinski definition) is 1. The lowest BCUT2D eigenvalue weighted by atomic mass is 10.4. The van der Waals surface area contributed by atoms with E-state index in [2.05, 4.69) is 20.4 Å². The minimum Gasteiger partial charge on any atom is -0.478 e. The van der Waals surface area contributed by atoms with Gasteiger partial charge < -0.3 is 10.1 Å². The fraction of sp³-hybridized carbons (Fsp3) is 0.300. The molecule has 6 nitrogen and oxygen atoms in total. The summed E-state index contributed by atoms with van der Waals surface area (Å²) in [5.41, 5.74) is 1.76. The van der Waals surface area contributed by atoms with Gasteiger partial charge >= 0.3 is 0 Å². The maximum Gasteiger partial charge on any atom is 0.256 e. The van der Waals surface area contributed by atoms with Crippen molar-refractivity contribution in [1.29, 1.82) is 0 Å². The molecule has 2 aromatic rings. The van der Waals surface area contributed by atoms with E-state index in [1.54, 1.807) is 24.2 Å². The van der Waals surface area contributed by atoms with Gasteiger partial charge in [-0.15, -0.1) is 5.10 Å². The summed E-state index contributed by atoms with van der Waals surface area (Å²) in [5.74, 6) is 1.04. The van der Waals surface area contributed by atoms with Crippen LogP contribution in [0.4, 0.5) is 11.6 Å². The number of aromatic nitrogens is 4. The van der Waals surface area contributed by atoms with Crippen molar-refractivity contribution < 1.29 is 4.74 Å². The second-order valence-corrected chi connectivity index (χ2v) is 3.43. The van der Waals surface area contributed by atoms with Crippen LogP contribution in [0.3, 0.4) is 0 Å². The van der Waals surface area contributed by atoms with Crippen molar-refractivity contribution in [2.45, 2.75) is 6.92 Å². The molecule has 0 spiro atoms. The van der Waals surface area contributed by atoms with Crippen LogP contribution in [-0.2, 0) is 7.05 Å². The van der Waals surface area contributed by atoms with E-state index >= 15 is 0 Å². The number of nitrogens with zero attached hydrogens (tertiary/aromatic N) is 4. The lowest BCUT2D eigenvalue weighted by molar-refractivity contribution is 0.393. The second kappa shape index (κ2) is 4.18. The Morgan fingerprint density at radius 2 is 2.00 bits per heavy atom. The average molecular weight is 219 g/mol. The number of rotatable bonds is 3. The molecule has 6 heteroatoms. The normalized spacial score (nSPS) is 10.2. The molecule has 0 aliphatic rings. The Morgan fingerprint density at radius 3 is 2.62 bits per heavy atom. The first-order valence-corrected chi connectivity index (χ1v) is 4.82. The molecule has 2 aromatic heterocycles. The molecule has 16 heavy (non-hydrogen) atoms. The van der Waals surface area contributed by atoms with Crippen molar-refractivity contribution in [3.05, 3.63) is 24.2 Å². The maximum atomic E-state index is 5.11. The minimum atomic E-state index is 0.520. The lowest BCUT2D eigenvalue weighted by Gasteiger charge is -2.03. The minimum absolute atomic E-state index is 0.520. The van der Waals surface area contributed by atoms with Gasteiger partial charge in [0, 0.05) is 19.4 Å². The summed E-state index contributed by atoms with van der Waals surface area (Å²) in [6.07, 6.45) is 5.30. The number of ether oxygens (including phenoxy) is 1. The molecule has 0 amide bonds. The molecule has 1 N–H and O–H groups in total. The third kappa shape index (κ3) is 2.10. The predicted molar refractivity (Wildman–Crippen MR) is 59.8 cm³/mol. The third-order valence-corrected chi connectivity index (χ3v) is 2.02. The molecule has 0 fully saturated rings. The molecule has 2 heterocycles. The smallest absolute Gasteiger partial charge is 0.256 e. The first-order chi connectivity index (χ1) is 7.69. The maximum absolute atomic E-state index is 5.11. The van der Waals surface area contributed by atoms with Crippen molar-refractivity contribution >= 4 is 11.6 Å². The summed E-state index contributed by atoms with van der Waals surface area (Å²) in [6, 6.07) is 0. The summed E-state index contributed by atoms with van der Waals surface area (Å²) in [4.78, 5) is 8.29. The molecule has 0 radical (unpaired) electrons. The van der Waals surface area contributed by atoms with E-state index in [-0.39, 0.29) is 0 Å². The number of anilines is 2. The van der Waals surface area contributed by atoms with Gasteiger partial charge in [-0.25, -0.2) is 9.97 Å². The molecule has 2 rings (SSSR count). The number of hydrogen-bond acceptors (Lipinski definition) is 5. The van der Waals surface area contributed by atoms with Crippen LogP contribution in [0.5, 0.6) is 5.88 Å². The van der Waals surface area contributed by atoms with E-state index in [4.69, 9.17) is 4.74 Å². The highest BCUT2D eigenvalue weighted by Gasteiger charge is 2.08. The first-order valence-electron chi connectivity index (χ1n) is 4.82. The Balaban J connectivity index is 2.22. The fourth-order valence-electron chi connectivity index (χ4n) is 1.28. The average Bonchev–Trinajstić information content (AvgIpc) is 2.62. The molecule has 0 aliphatic carbocycles. The van der Waals surface area contributed by atoms with Gasteiger partial charge in [0.1, 0.15) is 5.69 Å². The van der Waals surface area contributed by atoms with Crippen LogP contribution in [0.1, 0.15) is 5.56 Å². The van der Waals surface area contributed by atoms with Gasteiger partial charge in [-0.05, 0) is 12.5 Å². The summed E-state index contributed by atoms with van der Waals surface area (Å²) in [6.45, 7) is 1.94. The van der Waals surface area contributed by atoms with Crippen LogP contribution in [0.15, 0.2) is 18.6 Å². The molecule has 84 valence electrons. The Morgan fingerprint density at radius 1 is 1.31 bits per heavy atom. The molecule has 0 unspecified atom stereocenters. The molecular formula is C10H13N5O. The highest BCUT2D eigenvalue weighted by molar-refractivity contribution is 5.58. The van der Waals surface area contributed by atoms with E-state index in [1.807, 2.05) is 20.2 Å². The van der Waals surface area contributed by atoms with Gasteiger partial charge in [-0.1, -0.05) is 0 Å². The van der Waals surface area contributed by atoms with Crippen molar-refractivity contribution in [2.75, 3.05) is 12.4 Å². The van der Waals surface area contributed by atoms with Gasteiger partial charge in [0.25, 0.3) is 5.88 Å². The van der Waals surface area contributed by atoms with Crippen LogP contribution in [0, 0.1) is 6.92 Å². The first kappa shape index (κ1) is 10.4. The Labute approximate surface area is 93.3 Å². The zero-order valence-electron chi connectivity index (χ0n) is 9.43. The Bertz CT molecular complexity index is 476. The van der Waals surface area contributed by atoms with E-state index in [1.165, 1.54) is 0 Å². The fourth-order valence-corrected chi connectivity index (χ4v) is 1.28. The van der Waals surface area contributed by atoms with Crippen LogP contribution < -0.4 is 10.1 Å². The van der Waals surface area contributed by atoms with Gasteiger partial charge in [0.15, 0.2) is 0 Å². The van der Waals surface area contributed by atoms with E-state index in [0.717, 1.165) is 11.3 Å². The van der Waals surface area contributed by atoms with Gasteiger partial charge in [-0.3, -0.25) is 4.68 Å². The number of methoxy groups -OCH3 is 1. The van der Waals surface area contributed by atoms with E-state index in [0.29, 0.717) is 11.8 Å². The Hall–Kier alpha value is -2.11. The second-order valence-electron chi connectivity index (χ2n) is 3.43. The molecule has 0 saturated heterocycles. The molecule has 0 saturated carbocycles. The van der Waals surface area contributed by atoms with Crippen LogP contribution in [0.25, 0.3) is 0 Å². The zero-order valence-corrected chi connectivity index (χ0v) is 9.43. The van der Waals surface area contributed by atoms with Gasteiger partial charge in [0.05, 0.1) is 13.3 Å². The standard InChI is InChI=1S/C10H13N5O/c1-7-4-11-10(12-5-7)13-8-6-15(2)14-9(8)16-3/h4-6H,1-3H3,(H,11,12,13). The molecule has 0 atom stereocenters. The molecule has 0 aromatic carbocycles. The monoisotopic (exact) mass is 219 g/mol. The summed E-state index contributed by atoms with van der Waals surface area (Å²) in [7, 11) is 3.40. The van der Waals surface area contributed by atoms with Crippen molar-refractivity contribution in [1.82, 2.24) is 19.7 Å². The van der Waals surface area contributed by atoms with Crippen LogP contribution >= 0.6 is 0 Å². The Kier molecular flexibility index (Phi) is 2.72. The van der Waals surface area contributed by atoms with Crippen LogP contribution in [0.2, 0.25) is 0 Å². The highest BCUT2D eigenvalue weighted by atomic mass is 16.5. The highest BCUT2D eigenvalue weighted by Crippen LogP contribution is 2.23. The zero-order chi connectivity index (χ0) is 11.5. The summed E-state index contributed by atoms with van der Waals surface area (Å²) < 4.78 is 6.77. The SMILES string of the molecule is COc1nn(C)cc1Nc1ncc(C)cn1. The lowest BCUT2D eigenvalue weighted by Crippen LogP contribution is -1.97. The topological polar surface area (TPSA) is 64.9 Å². The van der Waals surface area contributed by atoms with Gasteiger partial charge in [-0.2, -0.15) is 0 Å². The molecule has 0 aliphatic heterocycles. The number of aryl methyl sites for hydroxylation is 2. The summed E-state index contributed by atoms with van der Waals surface area (Å²) in [5, 5.41) is 7.16.